The number of nitriles is 1. The van der Waals surface area contributed by atoms with Crippen LogP contribution >= 0.6 is 0 Å². The number of rotatable bonds is 5. The normalized spacial score (nSPS) is 18.6. The molecule has 1 heterocycles. The summed E-state index contributed by atoms with van der Waals surface area (Å²) in [6, 6.07) is 6.46. The maximum absolute atomic E-state index is 12.1. The van der Waals surface area contributed by atoms with Crippen LogP contribution in [-0.2, 0) is 9.53 Å². The molecule has 2 rings (SSSR count). The number of carbonyl (C=O) groups is 1. The Kier molecular flexibility index (Phi) is 5.01. The third-order valence-corrected chi connectivity index (χ3v) is 3.47. The van der Waals surface area contributed by atoms with E-state index in [4.69, 9.17) is 14.2 Å². The molecule has 0 bridgehead atoms. The summed E-state index contributed by atoms with van der Waals surface area (Å²) in [6.07, 6.45) is 0.684. The molecular formula is C15H18N2O4. The summed E-state index contributed by atoms with van der Waals surface area (Å²) in [7, 11) is 3.07. The number of hydrogen-bond acceptors (Lipinski definition) is 5. The van der Waals surface area contributed by atoms with E-state index in [2.05, 4.69) is 11.4 Å². The molecule has 6 nitrogen and oxygen atoms in total. The molecule has 0 radical (unpaired) electrons. The van der Waals surface area contributed by atoms with E-state index >= 15 is 0 Å². The van der Waals surface area contributed by atoms with Gasteiger partial charge in [0.15, 0.2) is 0 Å². The van der Waals surface area contributed by atoms with Gasteiger partial charge in [0.1, 0.15) is 17.5 Å². The molecule has 1 aliphatic heterocycles. The van der Waals surface area contributed by atoms with Crippen LogP contribution in [0.1, 0.15) is 18.0 Å². The zero-order valence-electron chi connectivity index (χ0n) is 12.1. The van der Waals surface area contributed by atoms with Gasteiger partial charge < -0.3 is 19.5 Å². The Morgan fingerprint density at radius 2 is 2.29 bits per heavy atom. The van der Waals surface area contributed by atoms with E-state index in [-0.39, 0.29) is 11.8 Å². The highest BCUT2D eigenvalue weighted by atomic mass is 16.5. The Morgan fingerprint density at radius 3 is 2.86 bits per heavy atom. The highest BCUT2D eigenvalue weighted by Gasteiger charge is 2.27. The van der Waals surface area contributed by atoms with Crippen LogP contribution in [0.2, 0.25) is 0 Å². The number of ether oxygens (including phenoxy) is 3. The Hall–Kier alpha value is -2.26. The van der Waals surface area contributed by atoms with E-state index in [1.54, 1.807) is 25.3 Å². The fourth-order valence-corrected chi connectivity index (χ4v) is 2.24. The molecule has 1 N–H and O–H groups in total. The Balaban J connectivity index is 2.17. The van der Waals surface area contributed by atoms with Crippen molar-refractivity contribution in [1.29, 1.82) is 5.26 Å². The summed E-state index contributed by atoms with van der Waals surface area (Å²) in [5.41, 5.74) is 0.605. The summed E-state index contributed by atoms with van der Waals surface area (Å²) in [5, 5.41) is 12.1. The molecule has 2 atom stereocenters. The van der Waals surface area contributed by atoms with Gasteiger partial charge in [-0.2, -0.15) is 5.26 Å². The van der Waals surface area contributed by atoms with Crippen LogP contribution < -0.4 is 14.8 Å². The van der Waals surface area contributed by atoms with Crippen molar-refractivity contribution in [2.45, 2.75) is 12.5 Å². The Morgan fingerprint density at radius 1 is 1.48 bits per heavy atom. The average molecular weight is 290 g/mol. The van der Waals surface area contributed by atoms with E-state index in [0.717, 1.165) is 0 Å². The van der Waals surface area contributed by atoms with Crippen molar-refractivity contribution in [3.63, 3.8) is 0 Å². The number of methoxy groups -OCH3 is 2. The van der Waals surface area contributed by atoms with Crippen molar-refractivity contribution in [2.75, 3.05) is 27.4 Å². The zero-order valence-corrected chi connectivity index (χ0v) is 12.1. The molecule has 1 aliphatic rings. The standard InChI is InChI=1S/C15H18N2O4/c1-19-11-3-4-12(14(7-11)20-2)13(8-16)17-15(18)10-5-6-21-9-10/h3-4,7,10,13H,5-6,9H2,1-2H3,(H,17,18)/t10-,13-/m1/s1. The number of nitrogens with zero attached hydrogens (tertiary/aromatic N) is 1. The molecular weight excluding hydrogens is 272 g/mol. The molecule has 0 saturated carbocycles. The highest BCUT2D eigenvalue weighted by molar-refractivity contribution is 5.80. The minimum atomic E-state index is -0.765. The van der Waals surface area contributed by atoms with Gasteiger partial charge in [-0.25, -0.2) is 0 Å². The second-order valence-electron chi connectivity index (χ2n) is 4.74. The van der Waals surface area contributed by atoms with Crippen molar-refractivity contribution in [2.24, 2.45) is 5.92 Å². The van der Waals surface area contributed by atoms with Crippen LogP contribution in [-0.4, -0.2) is 33.3 Å². The smallest absolute Gasteiger partial charge is 0.226 e. The first-order valence-electron chi connectivity index (χ1n) is 6.69. The van der Waals surface area contributed by atoms with Crippen LogP contribution in [0.5, 0.6) is 11.5 Å². The van der Waals surface area contributed by atoms with Gasteiger partial charge in [-0.15, -0.1) is 0 Å². The van der Waals surface area contributed by atoms with Gasteiger partial charge in [-0.05, 0) is 18.6 Å². The lowest BCUT2D eigenvalue weighted by Gasteiger charge is -2.17. The first-order chi connectivity index (χ1) is 10.2. The maximum atomic E-state index is 12.1. The first-order valence-corrected chi connectivity index (χ1v) is 6.69. The summed E-state index contributed by atoms with van der Waals surface area (Å²) in [6.45, 7) is 0.991. The number of nitrogens with one attached hydrogen (secondary N) is 1. The monoisotopic (exact) mass is 290 g/mol. The summed E-state index contributed by atoms with van der Waals surface area (Å²) >= 11 is 0. The van der Waals surface area contributed by atoms with Crippen LogP contribution in [0.3, 0.4) is 0 Å². The van der Waals surface area contributed by atoms with E-state index < -0.39 is 6.04 Å². The minimum absolute atomic E-state index is 0.170. The van der Waals surface area contributed by atoms with E-state index in [1.807, 2.05) is 0 Å². The maximum Gasteiger partial charge on any atom is 0.226 e. The largest absolute Gasteiger partial charge is 0.497 e. The fraction of sp³-hybridized carbons (Fsp3) is 0.467. The highest BCUT2D eigenvalue weighted by Crippen LogP contribution is 2.29. The van der Waals surface area contributed by atoms with Gasteiger partial charge >= 0.3 is 0 Å². The summed E-state index contributed by atoms with van der Waals surface area (Å²) in [5.74, 6) is 0.772. The molecule has 1 aromatic carbocycles. The Labute approximate surface area is 123 Å². The van der Waals surface area contributed by atoms with Crippen molar-refractivity contribution in [3.05, 3.63) is 23.8 Å². The second-order valence-corrected chi connectivity index (χ2v) is 4.74. The van der Waals surface area contributed by atoms with Gasteiger partial charge in [-0.1, -0.05) is 0 Å². The second kappa shape index (κ2) is 6.95. The lowest BCUT2D eigenvalue weighted by atomic mass is 10.0. The Bertz CT molecular complexity index is 547. The molecule has 1 amide bonds. The van der Waals surface area contributed by atoms with Crippen LogP contribution in [0.25, 0.3) is 0 Å². The summed E-state index contributed by atoms with van der Waals surface area (Å²) < 4.78 is 15.6. The summed E-state index contributed by atoms with van der Waals surface area (Å²) in [4.78, 5) is 12.1. The average Bonchev–Trinajstić information content (AvgIpc) is 3.06. The molecule has 0 aliphatic carbocycles. The van der Waals surface area contributed by atoms with Crippen LogP contribution in [0, 0.1) is 17.2 Å². The number of hydrogen-bond donors (Lipinski definition) is 1. The molecule has 1 saturated heterocycles. The van der Waals surface area contributed by atoms with E-state index in [9.17, 15) is 10.1 Å². The van der Waals surface area contributed by atoms with Crippen molar-refractivity contribution in [1.82, 2.24) is 5.32 Å². The molecule has 112 valence electrons. The van der Waals surface area contributed by atoms with Gasteiger partial charge in [0, 0.05) is 18.2 Å². The zero-order chi connectivity index (χ0) is 15.2. The molecule has 6 heteroatoms. The SMILES string of the molecule is COc1ccc([C@@H](C#N)NC(=O)[C@@H]2CCOC2)c(OC)c1. The molecule has 0 spiro atoms. The van der Waals surface area contributed by atoms with Gasteiger partial charge in [0.05, 0.1) is 32.8 Å². The molecule has 21 heavy (non-hydrogen) atoms. The van der Waals surface area contributed by atoms with E-state index in [0.29, 0.717) is 36.7 Å². The van der Waals surface area contributed by atoms with Gasteiger partial charge in [0.2, 0.25) is 5.91 Å². The molecule has 1 aromatic rings. The minimum Gasteiger partial charge on any atom is -0.497 e. The molecule has 1 fully saturated rings. The topological polar surface area (TPSA) is 80.6 Å². The fourth-order valence-electron chi connectivity index (χ4n) is 2.24. The molecule has 0 unspecified atom stereocenters. The van der Waals surface area contributed by atoms with Crippen molar-refractivity contribution in [3.8, 4) is 17.6 Å². The van der Waals surface area contributed by atoms with E-state index in [1.165, 1.54) is 7.11 Å². The van der Waals surface area contributed by atoms with Crippen LogP contribution in [0.15, 0.2) is 18.2 Å². The number of carbonyl (C=O) groups excluding carboxylic acids is 1. The molecule has 0 aromatic heterocycles. The van der Waals surface area contributed by atoms with Gasteiger partial charge in [0.25, 0.3) is 0 Å². The quantitative estimate of drug-likeness (QED) is 0.887. The lowest BCUT2D eigenvalue weighted by Crippen LogP contribution is -2.33. The third-order valence-electron chi connectivity index (χ3n) is 3.47. The van der Waals surface area contributed by atoms with Crippen molar-refractivity contribution >= 4 is 5.91 Å². The van der Waals surface area contributed by atoms with Crippen molar-refractivity contribution < 1.29 is 19.0 Å². The third kappa shape index (κ3) is 3.44. The number of benzene rings is 1. The lowest BCUT2D eigenvalue weighted by molar-refractivity contribution is -0.125. The van der Waals surface area contributed by atoms with Gasteiger partial charge in [-0.3, -0.25) is 4.79 Å². The number of amides is 1. The van der Waals surface area contributed by atoms with Crippen LogP contribution in [0.4, 0.5) is 0 Å². The predicted octanol–water partition coefficient (Wildman–Crippen LogP) is 1.42. The first kappa shape index (κ1) is 15.1. The predicted molar refractivity (Wildman–Crippen MR) is 75.0 cm³/mol.